The first-order chi connectivity index (χ1) is 9.13. The van der Waals surface area contributed by atoms with Crippen LogP contribution in [0, 0.1) is 0 Å². The number of nitrogens with zero attached hydrogens (tertiary/aromatic N) is 4. The molecule has 0 aliphatic carbocycles. The number of aryl methyl sites for hydroxylation is 1. The normalized spacial score (nSPS) is 11.1. The van der Waals surface area contributed by atoms with Crippen molar-refractivity contribution in [2.24, 2.45) is 7.05 Å². The van der Waals surface area contributed by atoms with Crippen molar-refractivity contribution in [1.82, 2.24) is 14.8 Å². The third kappa shape index (κ3) is 2.12. The fraction of sp³-hybridized carbons (Fsp3) is 0.231. The number of benzene rings is 1. The van der Waals surface area contributed by atoms with E-state index in [1.165, 1.54) is 0 Å². The molecule has 6 nitrogen and oxygen atoms in total. The quantitative estimate of drug-likeness (QED) is 0.724. The van der Waals surface area contributed by atoms with Crippen molar-refractivity contribution < 1.29 is 4.42 Å². The van der Waals surface area contributed by atoms with Crippen molar-refractivity contribution in [3.05, 3.63) is 36.2 Å². The Morgan fingerprint density at radius 2 is 2.26 bits per heavy atom. The molecule has 1 aromatic carbocycles. The summed E-state index contributed by atoms with van der Waals surface area (Å²) in [5.74, 6) is 0. The highest BCUT2D eigenvalue weighted by molar-refractivity contribution is 5.86. The third-order valence-electron chi connectivity index (χ3n) is 2.94. The lowest BCUT2D eigenvalue weighted by Gasteiger charge is -2.12. The van der Waals surface area contributed by atoms with Gasteiger partial charge in [-0.25, -0.2) is 0 Å². The maximum atomic E-state index is 5.87. The van der Waals surface area contributed by atoms with Crippen LogP contribution in [-0.4, -0.2) is 21.8 Å². The Morgan fingerprint density at radius 1 is 1.42 bits per heavy atom. The average Bonchev–Trinajstić information content (AvgIpc) is 2.96. The second-order valence-electron chi connectivity index (χ2n) is 4.57. The first-order valence-corrected chi connectivity index (χ1v) is 5.97. The van der Waals surface area contributed by atoms with Gasteiger partial charge < -0.3 is 15.1 Å². The molecule has 3 aromatic rings. The Kier molecular flexibility index (Phi) is 2.63. The van der Waals surface area contributed by atoms with Crippen LogP contribution in [0.2, 0.25) is 0 Å². The molecule has 0 spiro atoms. The van der Waals surface area contributed by atoms with Crippen LogP contribution in [0.4, 0.5) is 11.7 Å². The van der Waals surface area contributed by atoms with Crippen LogP contribution in [0.15, 0.2) is 35.0 Å². The van der Waals surface area contributed by atoms with Crippen LogP contribution in [-0.2, 0) is 13.6 Å². The number of hydrogen-bond donors (Lipinski definition) is 1. The summed E-state index contributed by atoms with van der Waals surface area (Å²) in [5.41, 5.74) is 9.00. The van der Waals surface area contributed by atoms with Crippen LogP contribution >= 0.6 is 0 Å². The topological polar surface area (TPSA) is 73.1 Å². The monoisotopic (exact) mass is 257 g/mol. The highest BCUT2D eigenvalue weighted by atomic mass is 16.4. The van der Waals surface area contributed by atoms with Gasteiger partial charge in [0.25, 0.3) is 6.01 Å². The minimum absolute atomic E-state index is 0.553. The molecular formula is C13H15N5O. The number of nitrogen functional groups attached to an aromatic ring is 1. The minimum atomic E-state index is 0.553. The molecule has 6 heteroatoms. The Morgan fingerprint density at radius 3 is 2.95 bits per heavy atom. The van der Waals surface area contributed by atoms with E-state index < -0.39 is 0 Å². The number of hydrogen-bond acceptors (Lipinski definition) is 5. The molecule has 2 aromatic heterocycles. The molecular weight excluding hydrogens is 242 g/mol. The van der Waals surface area contributed by atoms with Crippen molar-refractivity contribution >= 4 is 22.8 Å². The summed E-state index contributed by atoms with van der Waals surface area (Å²) in [6, 6.07) is 6.08. The van der Waals surface area contributed by atoms with E-state index >= 15 is 0 Å². The van der Waals surface area contributed by atoms with E-state index in [-0.39, 0.29) is 0 Å². The van der Waals surface area contributed by atoms with Crippen molar-refractivity contribution in [3.63, 3.8) is 0 Å². The van der Waals surface area contributed by atoms with E-state index in [0.29, 0.717) is 29.3 Å². The zero-order valence-electron chi connectivity index (χ0n) is 10.9. The lowest BCUT2D eigenvalue weighted by atomic mass is 10.3. The largest absolute Gasteiger partial charge is 0.423 e. The third-order valence-corrected chi connectivity index (χ3v) is 2.94. The molecule has 98 valence electrons. The van der Waals surface area contributed by atoms with Gasteiger partial charge in [0, 0.05) is 25.9 Å². The number of para-hydroxylation sites is 1. The molecule has 2 heterocycles. The highest BCUT2D eigenvalue weighted by Crippen LogP contribution is 2.25. The maximum absolute atomic E-state index is 5.87. The van der Waals surface area contributed by atoms with Gasteiger partial charge in [0.1, 0.15) is 5.52 Å². The van der Waals surface area contributed by atoms with Crippen molar-refractivity contribution in [2.45, 2.75) is 6.54 Å². The lowest BCUT2D eigenvalue weighted by Crippen LogP contribution is -2.16. The standard InChI is InChI=1S/C13H15N5O/c1-17(7-9-6-15-18(2)8-9)13-16-12-10(14)4-3-5-11(12)19-13/h3-6,8H,7,14H2,1-2H3. The first kappa shape index (κ1) is 11.6. The van der Waals surface area contributed by atoms with E-state index in [1.807, 2.05) is 49.6 Å². The summed E-state index contributed by atoms with van der Waals surface area (Å²) in [6.45, 7) is 0.681. The smallest absolute Gasteiger partial charge is 0.298 e. The predicted molar refractivity (Wildman–Crippen MR) is 73.7 cm³/mol. The fourth-order valence-corrected chi connectivity index (χ4v) is 2.02. The summed E-state index contributed by atoms with van der Waals surface area (Å²) < 4.78 is 7.47. The van der Waals surface area contributed by atoms with Crippen LogP contribution in [0.3, 0.4) is 0 Å². The van der Waals surface area contributed by atoms with Crippen molar-refractivity contribution in [1.29, 1.82) is 0 Å². The Bertz CT molecular complexity index is 715. The van der Waals surface area contributed by atoms with E-state index in [2.05, 4.69) is 10.1 Å². The Balaban J connectivity index is 1.89. The molecule has 0 bridgehead atoms. The van der Waals surface area contributed by atoms with Gasteiger partial charge in [-0.15, -0.1) is 0 Å². The molecule has 2 N–H and O–H groups in total. The van der Waals surface area contributed by atoms with Gasteiger partial charge >= 0.3 is 0 Å². The number of aromatic nitrogens is 3. The minimum Gasteiger partial charge on any atom is -0.423 e. The molecule has 3 rings (SSSR count). The number of anilines is 2. The number of rotatable bonds is 3. The summed E-state index contributed by atoms with van der Waals surface area (Å²) in [5, 5.41) is 4.14. The van der Waals surface area contributed by atoms with Crippen molar-refractivity contribution in [3.8, 4) is 0 Å². The molecule has 0 radical (unpaired) electrons. The van der Waals surface area contributed by atoms with Gasteiger partial charge in [-0.2, -0.15) is 10.1 Å². The highest BCUT2D eigenvalue weighted by Gasteiger charge is 2.12. The van der Waals surface area contributed by atoms with E-state index in [4.69, 9.17) is 10.2 Å². The number of nitrogens with two attached hydrogens (primary N) is 1. The van der Waals surface area contributed by atoms with Gasteiger partial charge in [-0.3, -0.25) is 4.68 Å². The summed E-state index contributed by atoms with van der Waals surface area (Å²) in [6.07, 6.45) is 3.79. The molecule has 0 unspecified atom stereocenters. The van der Waals surface area contributed by atoms with Crippen LogP contribution in [0.1, 0.15) is 5.56 Å². The fourth-order valence-electron chi connectivity index (χ4n) is 2.02. The number of fused-ring (bicyclic) bond motifs is 1. The zero-order chi connectivity index (χ0) is 13.4. The maximum Gasteiger partial charge on any atom is 0.298 e. The van der Waals surface area contributed by atoms with Gasteiger partial charge in [-0.05, 0) is 12.1 Å². The molecule has 0 fully saturated rings. The molecule has 0 saturated carbocycles. The van der Waals surface area contributed by atoms with Crippen LogP contribution in [0.25, 0.3) is 11.1 Å². The summed E-state index contributed by atoms with van der Waals surface area (Å²) >= 11 is 0. The van der Waals surface area contributed by atoms with E-state index in [0.717, 1.165) is 5.56 Å². The van der Waals surface area contributed by atoms with Gasteiger partial charge in [0.15, 0.2) is 5.58 Å². The van der Waals surface area contributed by atoms with Crippen molar-refractivity contribution in [2.75, 3.05) is 17.7 Å². The second-order valence-corrected chi connectivity index (χ2v) is 4.57. The van der Waals surface area contributed by atoms with E-state index in [1.54, 1.807) is 4.68 Å². The molecule has 0 amide bonds. The van der Waals surface area contributed by atoms with Crippen LogP contribution < -0.4 is 10.6 Å². The SMILES string of the molecule is CN(Cc1cnn(C)c1)c1nc2c(N)cccc2o1. The molecule has 0 aliphatic rings. The molecule has 19 heavy (non-hydrogen) atoms. The van der Waals surface area contributed by atoms with Gasteiger partial charge in [0.2, 0.25) is 0 Å². The van der Waals surface area contributed by atoms with E-state index in [9.17, 15) is 0 Å². The molecule has 0 aliphatic heterocycles. The van der Waals surface area contributed by atoms with Gasteiger partial charge in [-0.1, -0.05) is 6.07 Å². The molecule has 0 saturated heterocycles. The average molecular weight is 257 g/mol. The van der Waals surface area contributed by atoms with Gasteiger partial charge in [0.05, 0.1) is 18.4 Å². The molecule has 0 atom stereocenters. The second kappa shape index (κ2) is 4.31. The Labute approximate surface area is 110 Å². The number of oxazole rings is 1. The lowest BCUT2D eigenvalue weighted by molar-refractivity contribution is 0.582. The zero-order valence-corrected chi connectivity index (χ0v) is 10.9. The Hall–Kier alpha value is -2.50. The predicted octanol–water partition coefficient (Wildman–Crippen LogP) is 1.78. The summed E-state index contributed by atoms with van der Waals surface area (Å²) in [7, 11) is 3.82. The summed E-state index contributed by atoms with van der Waals surface area (Å²) in [4.78, 5) is 6.35. The first-order valence-electron chi connectivity index (χ1n) is 5.97. The van der Waals surface area contributed by atoms with Crippen LogP contribution in [0.5, 0.6) is 0 Å².